The minimum atomic E-state index is -5.49. The van der Waals surface area contributed by atoms with Crippen molar-refractivity contribution in [2.45, 2.75) is 149 Å². The second-order valence-corrected chi connectivity index (χ2v) is 36.7. The van der Waals surface area contributed by atoms with Crippen LogP contribution in [0.25, 0.3) is 5.57 Å². The van der Waals surface area contributed by atoms with E-state index in [1.165, 1.54) is 74.4 Å². The summed E-state index contributed by atoms with van der Waals surface area (Å²) in [5.74, 6) is -4.03. The van der Waals surface area contributed by atoms with Crippen LogP contribution >= 0.6 is 34.9 Å². The van der Waals surface area contributed by atoms with Crippen molar-refractivity contribution in [2.75, 3.05) is 5.32 Å². The Labute approximate surface area is 685 Å². The Morgan fingerprint density at radius 1 is 0.500 bits per heavy atom. The van der Waals surface area contributed by atoms with E-state index in [4.69, 9.17) is 28.4 Å². The third kappa shape index (κ3) is 27.0. The number of nitrogens with one attached hydrogen (secondary N) is 1. The predicted molar refractivity (Wildman–Crippen MR) is 450 cm³/mol. The number of anilines is 1. The van der Waals surface area contributed by atoms with Gasteiger partial charge in [0.1, 0.15) is 40.4 Å². The van der Waals surface area contributed by atoms with Gasteiger partial charge < -0.3 is 18.8 Å². The maximum Gasteiger partial charge on any atom is -0.0134 e. The number of ketones is 2. The van der Waals surface area contributed by atoms with E-state index in [1.54, 1.807) is 31.2 Å². The van der Waals surface area contributed by atoms with Crippen LogP contribution in [0.5, 0.6) is 0 Å². The molecule has 1 heterocycles. The van der Waals surface area contributed by atoms with E-state index < -0.39 is 95.9 Å². The Morgan fingerprint density at radius 2 is 0.860 bits per heavy atom. The summed E-state index contributed by atoms with van der Waals surface area (Å²) in [4.78, 5) is 35.1. The molecule has 114 heavy (non-hydrogen) atoms. The van der Waals surface area contributed by atoms with Crippen LogP contribution in [0.2, 0.25) is 0 Å². The first kappa shape index (κ1) is 91.4. The summed E-state index contributed by atoms with van der Waals surface area (Å²) in [6, 6.07) is 85.9. The van der Waals surface area contributed by atoms with Crippen LogP contribution < -0.4 is 42.6 Å². The van der Waals surface area contributed by atoms with E-state index in [-0.39, 0.29) is 34.5 Å². The number of hydrogen-bond donors (Lipinski definition) is 1. The second-order valence-electron chi connectivity index (χ2n) is 28.4. The van der Waals surface area contributed by atoms with Crippen molar-refractivity contribution < 1.29 is 83.0 Å². The van der Waals surface area contributed by atoms with E-state index in [1.807, 2.05) is 58.9 Å². The van der Waals surface area contributed by atoms with Crippen molar-refractivity contribution in [3.05, 3.63) is 329 Å². The molecule has 1 amide bonds. The zero-order valence-electron chi connectivity index (χ0n) is 64.5. The molecule has 602 valence electrons. The minimum Gasteiger partial charge on any atom is -0.0622 e. The molecular formula is C91H93BCl2F7NO8P2PdS. The van der Waals surface area contributed by atoms with Gasteiger partial charge in [-0.2, -0.15) is 21.6 Å². The van der Waals surface area contributed by atoms with Crippen molar-refractivity contribution in [1.82, 2.24) is 0 Å². The maximum atomic E-state index is 13.7. The van der Waals surface area contributed by atoms with Crippen LogP contribution in [-0.4, -0.2) is 49.7 Å². The van der Waals surface area contributed by atoms with Crippen molar-refractivity contribution in [3.8, 4) is 0 Å². The van der Waals surface area contributed by atoms with Gasteiger partial charge >= 0.3 is 57.7 Å². The number of halogens is 9. The first-order valence-electron chi connectivity index (χ1n) is 37.4. The Kier molecular flexibility index (Phi) is 35.9. The molecule has 1 N–H and O–H groups in total. The van der Waals surface area contributed by atoms with Gasteiger partial charge in [0.05, 0.1) is 16.8 Å². The average Bonchev–Trinajstić information content (AvgIpc) is 1.61. The van der Waals surface area contributed by atoms with E-state index in [0.29, 0.717) is 41.4 Å². The molecule has 23 heteroatoms. The van der Waals surface area contributed by atoms with Crippen molar-refractivity contribution in [3.63, 3.8) is 0 Å². The zero-order valence-corrected chi connectivity index (χ0v) is 70.2. The third-order valence-corrected chi connectivity index (χ3v) is 25.5. The SMILES string of the molecule is CC1(C)OB(c2ccc(CC(=O)c3c(F)cccc3F)cc2)OC1(C)C.CC1=C(OS(=O)(=O)C(F)(F)F)CCCC1.CC1=C(c2ccc(NC(=O)c3c(F)cccc3F)cc2)CCCC1.CC1CCCCC1=O.[Cl][Pd][Cl].c1ccc(P(c2ccccc2)c2ccccc2)cc1.c1ccc(P(c2ccccc2)c2ccccc2)cc1. The van der Waals surface area contributed by atoms with Gasteiger partial charge in [-0.3, -0.25) is 14.4 Å². The molecule has 3 aliphatic carbocycles. The molecule has 1 aliphatic heterocycles. The molecule has 10 aromatic rings. The smallest absolute Gasteiger partial charge is 0.0134 e. The summed E-state index contributed by atoms with van der Waals surface area (Å²) in [5.41, 5.74) is -0.784. The van der Waals surface area contributed by atoms with Crippen LogP contribution in [0.1, 0.15) is 157 Å². The van der Waals surface area contributed by atoms with E-state index in [9.17, 15) is 53.5 Å². The Balaban J connectivity index is 0.000000174. The number of hydrogen-bond acceptors (Lipinski definition) is 8. The fraction of sp³-hybridized carbons (Fsp3) is 0.264. The Bertz CT molecular complexity index is 4530. The third-order valence-electron chi connectivity index (χ3n) is 19.7. The van der Waals surface area contributed by atoms with Crippen LogP contribution in [0.4, 0.5) is 36.4 Å². The summed E-state index contributed by atoms with van der Waals surface area (Å²) in [6.45, 7) is 13.7. The standard InChI is InChI=1S/C20H21BF2O3.C20H19F2NO.2C18H15P.C8H11F3O3S.C7H12O.2ClH.Pd/c1-19(2)20(3,4)26-21(25-19)14-10-8-13(9-11-14)12-17(24)18-15(22)6-5-7-16(18)23;1-13-5-2-3-6-16(13)14-9-11-15(12-10-14)23-20(24)19-17(21)7-4-8-18(19)22;2*1-4-10-16(11-5-1)19(17-12-6-2-7-13-17)18-14-8-3-9-15-18;1-6-4-2-3-5-7(6)14-15(12,13)8(9,10)11;1-6-4-2-3-5-7(6)8;;;/h5-11H,12H2,1-4H3;4,7-12H,2-3,5-6H2,1H3,(H,23,24);2*1-15H;2-5H2,1H3;6H,2-5H2,1H3;2*1H;/q;;;;;;;;+2/p-2. The number of alkyl halides is 3. The number of benzene rings is 10. The van der Waals surface area contributed by atoms with E-state index in [2.05, 4.69) is 198 Å². The summed E-state index contributed by atoms with van der Waals surface area (Å²) in [7, 11) is 2.76. The summed E-state index contributed by atoms with van der Waals surface area (Å²) >= 11 is -0.106. The molecule has 1 unspecified atom stereocenters. The molecule has 14 rings (SSSR count). The fourth-order valence-electron chi connectivity index (χ4n) is 12.8. The van der Waals surface area contributed by atoms with E-state index >= 15 is 0 Å². The molecule has 1 saturated heterocycles. The quantitative estimate of drug-likeness (QED) is 0.0269. The summed E-state index contributed by atoms with van der Waals surface area (Å²) in [6.07, 6.45) is 11.2. The fourth-order valence-corrected chi connectivity index (χ4v) is 18.0. The van der Waals surface area contributed by atoms with Gasteiger partial charge in [0.15, 0.2) is 5.78 Å². The maximum absolute atomic E-state index is 13.7. The molecule has 0 spiro atoms. The molecular weight excluding hydrogens is 1650 g/mol. The monoisotopic (exact) mass is 1740 g/mol. The molecule has 10 aromatic carbocycles. The molecule has 4 aliphatic rings. The summed E-state index contributed by atoms with van der Waals surface area (Å²) in [5, 5.41) is 10.9. The van der Waals surface area contributed by atoms with Gasteiger partial charge in [0, 0.05) is 30.9 Å². The number of amides is 1. The Morgan fingerprint density at radius 3 is 1.21 bits per heavy atom. The molecule has 9 nitrogen and oxygen atoms in total. The molecule has 1 saturated carbocycles. The van der Waals surface area contributed by atoms with Crippen LogP contribution in [-0.2, 0) is 50.8 Å². The van der Waals surface area contributed by atoms with E-state index in [0.717, 1.165) is 73.8 Å². The van der Waals surface area contributed by atoms with Gasteiger partial charge in [-0.1, -0.05) is 249 Å². The largest absolute Gasteiger partial charge is 0.0622 e. The number of allylic oxidation sites excluding steroid dienone is 4. The molecule has 1 atom stereocenters. The van der Waals surface area contributed by atoms with Gasteiger partial charge in [-0.25, -0.2) is 17.6 Å². The Hall–Kier alpha value is -8.16. The van der Waals surface area contributed by atoms with Gasteiger partial charge in [-0.05, 0) is 211 Å². The number of carbonyl (C=O) groups is 3. The van der Waals surface area contributed by atoms with Gasteiger partial charge in [0.2, 0.25) is 0 Å². The van der Waals surface area contributed by atoms with Crippen molar-refractivity contribution >= 4 is 118 Å². The summed E-state index contributed by atoms with van der Waals surface area (Å²) < 4.78 is 128. The zero-order chi connectivity index (χ0) is 82.4. The van der Waals surface area contributed by atoms with Crippen LogP contribution in [0.15, 0.2) is 284 Å². The number of carbonyl (C=O) groups excluding carboxylic acids is 3. The predicted octanol–water partition coefficient (Wildman–Crippen LogP) is 22.0. The van der Waals surface area contributed by atoms with Crippen molar-refractivity contribution in [2.24, 2.45) is 5.92 Å². The normalized spacial score (nSPS) is 15.6. The van der Waals surface area contributed by atoms with Gasteiger partial charge in [0.25, 0.3) is 5.91 Å². The first-order valence-corrected chi connectivity index (χ1v) is 45.5. The molecule has 0 bridgehead atoms. The second kappa shape index (κ2) is 44.8. The van der Waals surface area contributed by atoms with Crippen molar-refractivity contribution in [1.29, 1.82) is 0 Å². The number of Topliss-reactive ketones (excluding diaryl/α,β-unsaturated/α-hetero) is 2. The number of rotatable bonds is 15. The topological polar surface area (TPSA) is 125 Å². The molecule has 2 fully saturated rings. The first-order chi connectivity index (χ1) is 54.5. The average molecular weight is 1740 g/mol. The van der Waals surface area contributed by atoms with Crippen LogP contribution in [0, 0.1) is 29.2 Å². The minimum absolute atomic E-state index is 0.0569. The van der Waals surface area contributed by atoms with Gasteiger partial charge in [-0.15, -0.1) is 0 Å². The molecule has 0 radical (unpaired) electrons. The molecule has 0 aromatic heterocycles. The van der Waals surface area contributed by atoms with Crippen LogP contribution in [0.3, 0.4) is 0 Å².